The highest BCUT2D eigenvalue weighted by Gasteiger charge is 2.37. The van der Waals surface area contributed by atoms with Gasteiger partial charge < -0.3 is 19.7 Å². The minimum atomic E-state index is -1.34. The van der Waals surface area contributed by atoms with E-state index in [1.807, 2.05) is 0 Å². The van der Waals surface area contributed by atoms with Gasteiger partial charge in [0.2, 0.25) is 0 Å². The molecule has 1 atom stereocenters. The van der Waals surface area contributed by atoms with E-state index < -0.39 is 17.9 Å². The van der Waals surface area contributed by atoms with Crippen LogP contribution in [0, 0.1) is 0 Å². The maximum Gasteiger partial charge on any atom is 0.266 e. The molecule has 0 saturated carbocycles. The van der Waals surface area contributed by atoms with Gasteiger partial charge in [-0.15, -0.1) is 0 Å². The average Bonchev–Trinajstić information content (AvgIpc) is 2.77. The lowest BCUT2D eigenvalue weighted by Crippen LogP contribution is -2.49. The summed E-state index contributed by atoms with van der Waals surface area (Å²) in [5.74, 6) is -1.55. The van der Waals surface area contributed by atoms with Crippen LogP contribution >= 0.6 is 24.0 Å². The molecule has 0 spiro atoms. The lowest BCUT2D eigenvalue weighted by molar-refractivity contribution is -0.310. The summed E-state index contributed by atoms with van der Waals surface area (Å²) in [5, 5.41) is 20.7. The van der Waals surface area contributed by atoms with Crippen LogP contribution in [0.1, 0.15) is 18.9 Å². The molecule has 1 N–H and O–H groups in total. The summed E-state index contributed by atoms with van der Waals surface area (Å²) in [7, 11) is 1.42. The van der Waals surface area contributed by atoms with Crippen molar-refractivity contribution in [2.45, 2.75) is 19.4 Å². The van der Waals surface area contributed by atoms with Gasteiger partial charge >= 0.3 is 0 Å². The van der Waals surface area contributed by atoms with Gasteiger partial charge in [0.05, 0.1) is 24.0 Å². The van der Waals surface area contributed by atoms with E-state index in [9.17, 15) is 19.8 Å². The number of ether oxygens (including phenoxy) is 1. The Labute approximate surface area is 142 Å². The molecule has 1 saturated heterocycles. The number of methoxy groups -OCH3 is 1. The zero-order valence-corrected chi connectivity index (χ0v) is 14.1. The summed E-state index contributed by atoms with van der Waals surface area (Å²) in [5.41, 5.74) is 0.627. The molecule has 0 radical (unpaired) electrons. The third-order valence-corrected chi connectivity index (χ3v) is 4.63. The number of rotatable bonds is 5. The molecule has 0 bridgehead atoms. The second kappa shape index (κ2) is 7.01. The van der Waals surface area contributed by atoms with Crippen LogP contribution in [0.25, 0.3) is 6.08 Å². The maximum absolute atomic E-state index is 12.4. The summed E-state index contributed by atoms with van der Waals surface area (Å²) >= 11 is 6.14. The Morgan fingerprint density at radius 2 is 2.26 bits per heavy atom. The van der Waals surface area contributed by atoms with Crippen LogP contribution < -0.4 is 9.84 Å². The maximum atomic E-state index is 12.4. The third kappa shape index (κ3) is 3.48. The predicted molar refractivity (Wildman–Crippen MR) is 88.8 cm³/mol. The number of hydrogen-bond acceptors (Lipinski definition) is 7. The lowest BCUT2D eigenvalue weighted by atomic mass is 10.1. The first kappa shape index (κ1) is 17.3. The van der Waals surface area contributed by atoms with E-state index in [1.54, 1.807) is 25.1 Å². The normalized spacial score (nSPS) is 17.7. The van der Waals surface area contributed by atoms with Crippen molar-refractivity contribution in [3.05, 3.63) is 28.7 Å². The van der Waals surface area contributed by atoms with Crippen molar-refractivity contribution >= 4 is 46.3 Å². The van der Waals surface area contributed by atoms with E-state index in [2.05, 4.69) is 0 Å². The first-order chi connectivity index (χ1) is 10.9. The molecule has 8 heteroatoms. The number of amides is 1. The number of phenols is 1. The third-order valence-electron chi connectivity index (χ3n) is 3.30. The molecule has 122 valence electrons. The Kier molecular flexibility index (Phi) is 5.27. The number of carboxylic acids is 1. The van der Waals surface area contributed by atoms with Gasteiger partial charge in [0.25, 0.3) is 5.91 Å². The zero-order chi connectivity index (χ0) is 17.1. The summed E-state index contributed by atoms with van der Waals surface area (Å²) < 4.78 is 5.20. The fourth-order valence-electron chi connectivity index (χ4n) is 2.14. The van der Waals surface area contributed by atoms with Crippen LogP contribution in [0.3, 0.4) is 0 Å². The number of phenolic OH excluding ortho intramolecular Hbond substituents is 1. The second-order valence-corrected chi connectivity index (χ2v) is 6.40. The van der Waals surface area contributed by atoms with Crippen LogP contribution in [0.2, 0.25) is 0 Å². The second-order valence-electron chi connectivity index (χ2n) is 4.73. The van der Waals surface area contributed by atoms with E-state index in [1.165, 1.54) is 13.2 Å². The van der Waals surface area contributed by atoms with Gasteiger partial charge in [0.15, 0.2) is 11.5 Å². The first-order valence-corrected chi connectivity index (χ1v) is 7.96. The van der Waals surface area contributed by atoms with Gasteiger partial charge in [-0.1, -0.05) is 37.0 Å². The number of aromatic hydroxyl groups is 1. The van der Waals surface area contributed by atoms with Crippen LogP contribution in [-0.4, -0.2) is 39.4 Å². The summed E-state index contributed by atoms with van der Waals surface area (Å²) in [6, 6.07) is 3.54. The Hall–Kier alpha value is -2.06. The molecule has 1 aromatic carbocycles. The lowest BCUT2D eigenvalue weighted by Gasteiger charge is -2.26. The number of thiocarbonyl (C=S) groups is 1. The smallest absolute Gasteiger partial charge is 0.266 e. The van der Waals surface area contributed by atoms with E-state index >= 15 is 0 Å². The van der Waals surface area contributed by atoms with Gasteiger partial charge in [0, 0.05) is 0 Å². The molecule has 0 aliphatic carbocycles. The topological polar surface area (TPSA) is 89.9 Å². The van der Waals surface area contributed by atoms with Gasteiger partial charge in [-0.2, -0.15) is 0 Å². The predicted octanol–water partition coefficient (Wildman–Crippen LogP) is 1.13. The van der Waals surface area contributed by atoms with Crippen molar-refractivity contribution in [3.63, 3.8) is 0 Å². The monoisotopic (exact) mass is 352 g/mol. The summed E-state index contributed by atoms with van der Waals surface area (Å²) in [4.78, 5) is 25.0. The number of carboxylic acid groups (broad SMARTS) is 1. The Bertz CT molecular complexity index is 701. The van der Waals surface area contributed by atoms with Gasteiger partial charge in [-0.05, 0) is 30.2 Å². The standard InChI is InChI=1S/C15H15NO5S2/c1-3-9(14(19)20)16-13(18)12(23-15(16)22)7-8-4-5-10(17)11(6-8)21-2/h4-7,9,17H,3H2,1-2H3,(H,19,20)/p-1/b12-7-/t9-/m0/s1. The highest BCUT2D eigenvalue weighted by Crippen LogP contribution is 2.35. The van der Waals surface area contributed by atoms with E-state index in [-0.39, 0.29) is 22.2 Å². The highest BCUT2D eigenvalue weighted by atomic mass is 32.2. The molecule has 0 aromatic heterocycles. The number of thioether (sulfide) groups is 1. The minimum absolute atomic E-state index is 0.0137. The summed E-state index contributed by atoms with van der Waals surface area (Å²) in [6.07, 6.45) is 1.78. The number of carbonyl (C=O) groups is 2. The number of nitrogens with zero attached hydrogens (tertiary/aromatic N) is 1. The van der Waals surface area contributed by atoms with Gasteiger partial charge in [0.1, 0.15) is 4.32 Å². The van der Waals surface area contributed by atoms with Crippen molar-refractivity contribution in [2.75, 3.05) is 7.11 Å². The van der Waals surface area contributed by atoms with Crippen LogP contribution in [0.5, 0.6) is 11.5 Å². The molecule has 1 aromatic rings. The number of carbonyl (C=O) groups excluding carboxylic acids is 2. The SMILES string of the molecule is CC[C@@H](C(=O)[O-])N1C(=O)/C(=C/c2ccc(O)c(OC)c2)SC1=S. The highest BCUT2D eigenvalue weighted by molar-refractivity contribution is 8.26. The van der Waals surface area contributed by atoms with E-state index in [0.29, 0.717) is 10.5 Å². The molecule has 1 heterocycles. The van der Waals surface area contributed by atoms with Crippen molar-refractivity contribution in [3.8, 4) is 11.5 Å². The van der Waals surface area contributed by atoms with E-state index in [0.717, 1.165) is 16.7 Å². The molecule has 1 aliphatic rings. The van der Waals surface area contributed by atoms with Gasteiger partial charge in [-0.3, -0.25) is 9.69 Å². The molecule has 6 nitrogen and oxygen atoms in total. The van der Waals surface area contributed by atoms with Crippen LogP contribution in [0.4, 0.5) is 0 Å². The van der Waals surface area contributed by atoms with Crippen molar-refractivity contribution in [1.29, 1.82) is 0 Å². The van der Waals surface area contributed by atoms with Crippen molar-refractivity contribution in [1.82, 2.24) is 4.90 Å². The fourth-order valence-corrected chi connectivity index (χ4v) is 3.50. The fraction of sp³-hybridized carbons (Fsp3) is 0.267. The largest absolute Gasteiger partial charge is 0.548 e. The average molecular weight is 352 g/mol. The Morgan fingerprint density at radius 3 is 2.83 bits per heavy atom. The van der Waals surface area contributed by atoms with Crippen molar-refractivity contribution < 1.29 is 24.5 Å². The molecule has 1 aliphatic heterocycles. The minimum Gasteiger partial charge on any atom is -0.548 e. The number of aliphatic carboxylic acids is 1. The van der Waals surface area contributed by atoms with Crippen LogP contribution in [0.15, 0.2) is 23.1 Å². The Morgan fingerprint density at radius 1 is 1.57 bits per heavy atom. The number of benzene rings is 1. The molecule has 1 fully saturated rings. The molecular weight excluding hydrogens is 338 g/mol. The Balaban J connectivity index is 2.33. The number of hydrogen-bond donors (Lipinski definition) is 1. The first-order valence-electron chi connectivity index (χ1n) is 6.74. The van der Waals surface area contributed by atoms with Gasteiger partial charge in [-0.25, -0.2) is 0 Å². The molecule has 1 amide bonds. The quantitative estimate of drug-likeness (QED) is 0.627. The molecule has 0 unspecified atom stereocenters. The summed E-state index contributed by atoms with van der Waals surface area (Å²) in [6.45, 7) is 1.65. The molecule has 23 heavy (non-hydrogen) atoms. The molecule has 2 rings (SSSR count). The van der Waals surface area contributed by atoms with Crippen LogP contribution in [-0.2, 0) is 9.59 Å². The zero-order valence-electron chi connectivity index (χ0n) is 12.4. The van der Waals surface area contributed by atoms with E-state index in [4.69, 9.17) is 17.0 Å². The van der Waals surface area contributed by atoms with Crippen molar-refractivity contribution in [2.24, 2.45) is 0 Å². The molecular formula is C15H14NO5S2-.